The molecule has 1 N–H and O–H groups in total. The number of furan rings is 1. The fraction of sp³-hybridized carbons (Fsp3) is 0.429. The van der Waals surface area contributed by atoms with Crippen molar-refractivity contribution in [2.24, 2.45) is 4.99 Å². The van der Waals surface area contributed by atoms with Crippen LogP contribution >= 0.6 is 35.6 Å². The molecule has 1 aromatic carbocycles. The van der Waals surface area contributed by atoms with Gasteiger partial charge in [-0.15, -0.1) is 24.0 Å². The largest absolute Gasteiger partial charge is 0.497 e. The molecule has 2 aromatic rings. The summed E-state index contributed by atoms with van der Waals surface area (Å²) in [5, 5.41) is 4.03. The van der Waals surface area contributed by atoms with Gasteiger partial charge in [0.05, 0.1) is 13.4 Å². The Morgan fingerprint density at radius 2 is 1.97 bits per heavy atom. The second-order valence-electron chi connectivity index (χ2n) is 6.70. The van der Waals surface area contributed by atoms with Gasteiger partial charge in [0.2, 0.25) is 0 Å². The summed E-state index contributed by atoms with van der Waals surface area (Å²) in [6, 6.07) is 9.13. The lowest BCUT2D eigenvalue weighted by Gasteiger charge is -2.36. The molecule has 0 bridgehead atoms. The number of nitrogens with zero attached hydrogens (tertiary/aromatic N) is 3. The van der Waals surface area contributed by atoms with Gasteiger partial charge < -0.3 is 24.3 Å². The molecule has 1 amide bonds. The van der Waals surface area contributed by atoms with Crippen LogP contribution in [0.2, 0.25) is 5.02 Å². The molecule has 0 atom stereocenters. The predicted octanol–water partition coefficient (Wildman–Crippen LogP) is 3.53. The van der Waals surface area contributed by atoms with E-state index in [2.05, 4.69) is 10.2 Å². The number of carbonyl (C=O) groups is 1. The van der Waals surface area contributed by atoms with Crippen molar-refractivity contribution in [2.45, 2.75) is 13.3 Å². The highest BCUT2D eigenvalue weighted by Gasteiger charge is 2.25. The van der Waals surface area contributed by atoms with Crippen molar-refractivity contribution in [1.29, 1.82) is 0 Å². The van der Waals surface area contributed by atoms with Gasteiger partial charge in [0.25, 0.3) is 5.91 Å². The van der Waals surface area contributed by atoms with E-state index < -0.39 is 0 Å². The first-order chi connectivity index (χ1) is 14.1. The topological polar surface area (TPSA) is 70.3 Å². The summed E-state index contributed by atoms with van der Waals surface area (Å²) in [7, 11) is 1.63. The lowest BCUT2D eigenvalue weighted by atomic mass is 10.1. The smallest absolute Gasteiger partial charge is 0.289 e. The third-order valence-electron chi connectivity index (χ3n) is 4.84. The van der Waals surface area contributed by atoms with Gasteiger partial charge in [-0.2, -0.15) is 0 Å². The SMILES string of the molecule is CCNC(=NCCc1ccc(OC)cc1Cl)N1CCN(C(=O)c2ccco2)CC1.I. The number of rotatable bonds is 6. The van der Waals surface area contributed by atoms with Gasteiger partial charge in [-0.3, -0.25) is 9.79 Å². The molecule has 0 radical (unpaired) electrons. The maximum absolute atomic E-state index is 12.4. The molecule has 0 spiro atoms. The average molecular weight is 547 g/mol. The maximum atomic E-state index is 12.4. The Bertz CT molecular complexity index is 837. The monoisotopic (exact) mass is 546 g/mol. The Labute approximate surface area is 199 Å². The molecule has 1 aliphatic heterocycles. The number of hydrogen-bond donors (Lipinski definition) is 1. The van der Waals surface area contributed by atoms with E-state index in [-0.39, 0.29) is 29.9 Å². The van der Waals surface area contributed by atoms with Crippen molar-refractivity contribution in [1.82, 2.24) is 15.1 Å². The second kappa shape index (κ2) is 12.0. The van der Waals surface area contributed by atoms with E-state index in [0.717, 1.165) is 43.3 Å². The fourth-order valence-corrected chi connectivity index (χ4v) is 3.51. The molecule has 164 valence electrons. The summed E-state index contributed by atoms with van der Waals surface area (Å²) in [6.07, 6.45) is 2.27. The Morgan fingerprint density at radius 3 is 2.57 bits per heavy atom. The van der Waals surface area contributed by atoms with Crippen LogP contribution in [0.5, 0.6) is 5.75 Å². The van der Waals surface area contributed by atoms with Crippen LogP contribution in [0, 0.1) is 0 Å². The van der Waals surface area contributed by atoms with Crippen molar-refractivity contribution in [3.05, 3.63) is 52.9 Å². The minimum absolute atomic E-state index is 0. The van der Waals surface area contributed by atoms with Crippen LogP contribution in [-0.2, 0) is 6.42 Å². The number of hydrogen-bond acceptors (Lipinski definition) is 4. The van der Waals surface area contributed by atoms with E-state index in [1.165, 1.54) is 6.26 Å². The molecule has 1 fully saturated rings. The van der Waals surface area contributed by atoms with E-state index in [4.69, 9.17) is 25.7 Å². The molecule has 1 aliphatic rings. The summed E-state index contributed by atoms with van der Waals surface area (Å²) in [5.74, 6) is 1.93. The van der Waals surface area contributed by atoms with E-state index >= 15 is 0 Å². The Morgan fingerprint density at radius 1 is 1.23 bits per heavy atom. The Balaban J connectivity index is 0.00000320. The molecular weight excluding hydrogens is 519 g/mol. The van der Waals surface area contributed by atoms with E-state index in [0.29, 0.717) is 30.4 Å². The van der Waals surface area contributed by atoms with Crippen LogP contribution in [0.3, 0.4) is 0 Å². The molecule has 9 heteroatoms. The van der Waals surface area contributed by atoms with Crippen LogP contribution in [0.1, 0.15) is 23.0 Å². The van der Waals surface area contributed by atoms with Crippen molar-refractivity contribution >= 4 is 47.4 Å². The van der Waals surface area contributed by atoms with Gasteiger partial charge in [0.1, 0.15) is 5.75 Å². The first kappa shape index (κ1) is 24.3. The highest BCUT2D eigenvalue weighted by atomic mass is 127. The zero-order valence-electron chi connectivity index (χ0n) is 17.3. The van der Waals surface area contributed by atoms with E-state index in [1.807, 2.05) is 30.0 Å². The first-order valence-electron chi connectivity index (χ1n) is 9.80. The normalized spacial score (nSPS) is 14.3. The number of ether oxygens (including phenoxy) is 1. The molecule has 7 nitrogen and oxygen atoms in total. The molecule has 30 heavy (non-hydrogen) atoms. The van der Waals surface area contributed by atoms with Gasteiger partial charge in [-0.1, -0.05) is 17.7 Å². The van der Waals surface area contributed by atoms with Crippen molar-refractivity contribution < 1.29 is 13.9 Å². The second-order valence-corrected chi connectivity index (χ2v) is 7.11. The minimum atomic E-state index is -0.0641. The number of amides is 1. The Hall–Kier alpha value is -1.94. The number of piperazine rings is 1. The highest BCUT2D eigenvalue weighted by Crippen LogP contribution is 2.22. The summed E-state index contributed by atoms with van der Waals surface area (Å²) in [4.78, 5) is 21.2. The molecular formula is C21H28ClIN4O3. The summed E-state index contributed by atoms with van der Waals surface area (Å²) in [5.41, 5.74) is 1.04. The van der Waals surface area contributed by atoms with Gasteiger partial charge >= 0.3 is 0 Å². The number of aliphatic imine (C=N–C) groups is 1. The fourth-order valence-electron chi connectivity index (χ4n) is 3.24. The van der Waals surface area contributed by atoms with Crippen LogP contribution in [0.25, 0.3) is 0 Å². The third-order valence-corrected chi connectivity index (χ3v) is 5.19. The quantitative estimate of drug-likeness (QED) is 0.341. The van der Waals surface area contributed by atoms with Crippen LogP contribution < -0.4 is 10.1 Å². The molecule has 1 aromatic heterocycles. The number of guanidine groups is 1. The number of halogens is 2. The maximum Gasteiger partial charge on any atom is 0.289 e. The van der Waals surface area contributed by atoms with Crippen molar-refractivity contribution in [2.75, 3.05) is 46.4 Å². The minimum Gasteiger partial charge on any atom is -0.497 e. The Kier molecular flexibility index (Phi) is 9.77. The first-order valence-corrected chi connectivity index (χ1v) is 10.2. The van der Waals surface area contributed by atoms with Crippen LogP contribution in [0.15, 0.2) is 46.0 Å². The number of carbonyl (C=O) groups excluding carboxylic acids is 1. The summed E-state index contributed by atoms with van der Waals surface area (Å²) >= 11 is 6.32. The van der Waals surface area contributed by atoms with Crippen molar-refractivity contribution in [3.63, 3.8) is 0 Å². The molecule has 2 heterocycles. The van der Waals surface area contributed by atoms with Gasteiger partial charge in [-0.25, -0.2) is 0 Å². The van der Waals surface area contributed by atoms with E-state index in [9.17, 15) is 4.79 Å². The highest BCUT2D eigenvalue weighted by molar-refractivity contribution is 14.0. The van der Waals surface area contributed by atoms with Gasteiger partial charge in [0.15, 0.2) is 11.7 Å². The van der Waals surface area contributed by atoms with E-state index in [1.54, 1.807) is 19.2 Å². The molecule has 0 aliphatic carbocycles. The lowest BCUT2D eigenvalue weighted by Crippen LogP contribution is -2.53. The number of methoxy groups -OCH3 is 1. The molecule has 0 unspecified atom stereocenters. The summed E-state index contributed by atoms with van der Waals surface area (Å²) < 4.78 is 10.4. The standard InChI is InChI=1S/C21H27ClN4O3.HI/c1-3-23-21(24-9-8-16-6-7-17(28-2)15-18(16)22)26-12-10-25(11-13-26)20(27)19-5-4-14-29-19;/h4-7,14-15H,3,8-13H2,1-2H3,(H,23,24);1H. The average Bonchev–Trinajstić information content (AvgIpc) is 3.28. The number of benzene rings is 1. The van der Waals surface area contributed by atoms with Crippen LogP contribution in [0.4, 0.5) is 0 Å². The summed E-state index contributed by atoms with van der Waals surface area (Å²) in [6.45, 7) is 6.17. The molecule has 3 rings (SSSR count). The van der Waals surface area contributed by atoms with Gasteiger partial charge in [0, 0.05) is 44.3 Å². The molecule has 0 saturated carbocycles. The zero-order valence-corrected chi connectivity index (χ0v) is 20.4. The molecule has 1 saturated heterocycles. The van der Waals surface area contributed by atoms with Gasteiger partial charge in [-0.05, 0) is 43.2 Å². The van der Waals surface area contributed by atoms with Crippen LogP contribution in [-0.4, -0.2) is 68.0 Å². The van der Waals surface area contributed by atoms with Crippen molar-refractivity contribution in [3.8, 4) is 5.75 Å². The predicted molar refractivity (Wildman–Crippen MR) is 129 cm³/mol. The lowest BCUT2D eigenvalue weighted by molar-refractivity contribution is 0.0657. The third kappa shape index (κ3) is 6.28. The number of nitrogens with one attached hydrogen (secondary N) is 1. The zero-order chi connectivity index (χ0) is 20.6.